The van der Waals surface area contributed by atoms with Crippen molar-refractivity contribution in [3.8, 4) is 0 Å². The summed E-state index contributed by atoms with van der Waals surface area (Å²) in [5.41, 5.74) is 0.885. The van der Waals surface area contributed by atoms with E-state index >= 15 is 0 Å². The lowest BCUT2D eigenvalue weighted by molar-refractivity contribution is -0.158. The van der Waals surface area contributed by atoms with Crippen LogP contribution in [0.4, 0.5) is 5.69 Å². The number of ether oxygens (including phenoxy) is 1. The first-order chi connectivity index (χ1) is 17.7. The summed E-state index contributed by atoms with van der Waals surface area (Å²) in [5.74, 6) is -2.35. The van der Waals surface area contributed by atoms with E-state index in [0.717, 1.165) is 5.56 Å². The van der Waals surface area contributed by atoms with Crippen LogP contribution in [0.3, 0.4) is 0 Å². The molecule has 1 amide bonds. The molecule has 1 aliphatic rings. The fourth-order valence-corrected chi connectivity index (χ4v) is 4.86. The van der Waals surface area contributed by atoms with E-state index in [0.29, 0.717) is 22.0 Å². The van der Waals surface area contributed by atoms with E-state index in [9.17, 15) is 14.4 Å². The third kappa shape index (κ3) is 5.49. The number of hydrogen-bond donors (Lipinski definition) is 0. The maximum Gasteiger partial charge on any atom is 0.311 e. The van der Waals surface area contributed by atoms with Crippen LogP contribution in [0.2, 0.25) is 5.02 Å². The molecule has 4 rings (SSSR count). The Hall–Kier alpha value is -3.77. The maximum atomic E-state index is 14.3. The number of nitrogens with zero attached hydrogens (tertiary/aromatic N) is 2. The molecular weight excluding hydrogens is 488 g/mol. The molecule has 6 nitrogen and oxygen atoms in total. The molecular formula is C30H29ClN2O4. The molecule has 3 aromatic rings. The van der Waals surface area contributed by atoms with Crippen LogP contribution < -0.4 is 5.01 Å². The van der Waals surface area contributed by atoms with Gasteiger partial charge in [-0.3, -0.25) is 14.4 Å². The first-order valence-corrected chi connectivity index (χ1v) is 12.6. The van der Waals surface area contributed by atoms with E-state index in [1.54, 1.807) is 57.2 Å². The minimum atomic E-state index is -1.41. The van der Waals surface area contributed by atoms with Crippen LogP contribution in [0, 0.1) is 11.3 Å². The summed E-state index contributed by atoms with van der Waals surface area (Å²) in [7, 11) is 0. The van der Waals surface area contributed by atoms with Crippen LogP contribution in [-0.2, 0) is 20.7 Å². The lowest BCUT2D eigenvalue weighted by atomic mass is 9.66. The van der Waals surface area contributed by atoms with Crippen molar-refractivity contribution in [1.82, 2.24) is 0 Å². The Kier molecular flexibility index (Phi) is 7.89. The molecule has 1 heterocycles. The van der Waals surface area contributed by atoms with E-state index < -0.39 is 23.4 Å². The summed E-state index contributed by atoms with van der Waals surface area (Å²) in [6.45, 7) is 5.23. The molecule has 190 valence electrons. The molecule has 0 fully saturated rings. The predicted octanol–water partition coefficient (Wildman–Crippen LogP) is 6.13. The highest BCUT2D eigenvalue weighted by molar-refractivity contribution is 6.30. The highest BCUT2D eigenvalue weighted by Gasteiger charge is 2.58. The highest BCUT2D eigenvalue weighted by atomic mass is 35.5. The number of carbonyl (C=O) groups is 3. The molecule has 0 saturated heterocycles. The number of hydrogen-bond acceptors (Lipinski definition) is 5. The van der Waals surface area contributed by atoms with Gasteiger partial charge in [-0.05, 0) is 69.2 Å². The number of para-hydroxylation sites is 1. The lowest BCUT2D eigenvalue weighted by Gasteiger charge is -2.35. The number of rotatable bonds is 9. The van der Waals surface area contributed by atoms with Gasteiger partial charge in [0.2, 0.25) is 0 Å². The van der Waals surface area contributed by atoms with Crippen LogP contribution in [0.1, 0.15) is 43.1 Å². The molecule has 37 heavy (non-hydrogen) atoms. The average molecular weight is 517 g/mol. The fourth-order valence-electron chi connectivity index (χ4n) is 4.73. The molecule has 7 heteroatoms. The summed E-state index contributed by atoms with van der Waals surface area (Å²) in [6, 6.07) is 25.0. The van der Waals surface area contributed by atoms with Gasteiger partial charge in [-0.25, -0.2) is 0 Å². The van der Waals surface area contributed by atoms with Gasteiger partial charge in [-0.15, -0.1) is 0 Å². The number of benzene rings is 3. The number of amides is 1. The van der Waals surface area contributed by atoms with Crippen molar-refractivity contribution in [3.05, 3.63) is 101 Å². The van der Waals surface area contributed by atoms with Crippen molar-refractivity contribution >= 4 is 40.7 Å². The van der Waals surface area contributed by atoms with Gasteiger partial charge in [0.1, 0.15) is 5.41 Å². The van der Waals surface area contributed by atoms with Gasteiger partial charge in [-0.1, -0.05) is 60.1 Å². The van der Waals surface area contributed by atoms with Gasteiger partial charge < -0.3 is 4.74 Å². The second-order valence-corrected chi connectivity index (χ2v) is 9.88. The zero-order chi connectivity index (χ0) is 26.6. The monoisotopic (exact) mass is 516 g/mol. The summed E-state index contributed by atoms with van der Waals surface area (Å²) in [5, 5.41) is 6.46. The molecule has 2 atom stereocenters. The summed E-state index contributed by atoms with van der Waals surface area (Å²) in [6.07, 6.45) is -0.452. The normalized spacial score (nSPS) is 18.0. The predicted molar refractivity (Wildman–Crippen MR) is 145 cm³/mol. The number of anilines is 1. The van der Waals surface area contributed by atoms with Crippen molar-refractivity contribution < 1.29 is 19.1 Å². The third-order valence-electron chi connectivity index (χ3n) is 6.58. The van der Waals surface area contributed by atoms with E-state index in [1.807, 2.05) is 48.5 Å². The molecule has 0 unspecified atom stereocenters. The van der Waals surface area contributed by atoms with Crippen molar-refractivity contribution in [2.75, 3.05) is 5.01 Å². The van der Waals surface area contributed by atoms with E-state index in [4.69, 9.17) is 16.3 Å². The summed E-state index contributed by atoms with van der Waals surface area (Å²) < 4.78 is 5.64. The van der Waals surface area contributed by atoms with Crippen molar-refractivity contribution in [3.63, 3.8) is 0 Å². The summed E-state index contributed by atoms with van der Waals surface area (Å²) >= 11 is 6.01. The number of carbonyl (C=O) groups excluding carboxylic acids is 3. The fraction of sp³-hybridized carbons (Fsp3) is 0.267. The molecule has 0 N–H and O–H groups in total. The first kappa shape index (κ1) is 26.3. The van der Waals surface area contributed by atoms with Crippen molar-refractivity contribution in [1.29, 1.82) is 0 Å². The highest BCUT2D eigenvalue weighted by Crippen LogP contribution is 2.44. The third-order valence-corrected chi connectivity index (χ3v) is 6.84. The van der Waals surface area contributed by atoms with Crippen LogP contribution in [0.25, 0.3) is 0 Å². The SMILES string of the molecule is CC1=NN(c2ccccc2)C(=O)[C@@]1(Cc1ccccc1)[C@@H](CC(=O)c1ccc(Cl)cc1)C(=O)OC(C)C. The van der Waals surface area contributed by atoms with Gasteiger partial charge in [0, 0.05) is 17.0 Å². The molecule has 0 saturated carbocycles. The number of Topliss-reactive ketones (excluding diaryl/α,β-unsaturated/α-hetero) is 1. The van der Waals surface area contributed by atoms with Crippen molar-refractivity contribution in [2.24, 2.45) is 16.4 Å². The Balaban J connectivity index is 1.83. The van der Waals surface area contributed by atoms with Crippen LogP contribution >= 0.6 is 11.6 Å². The van der Waals surface area contributed by atoms with Gasteiger partial charge in [0.15, 0.2) is 5.78 Å². The second-order valence-electron chi connectivity index (χ2n) is 9.44. The zero-order valence-corrected chi connectivity index (χ0v) is 21.8. The van der Waals surface area contributed by atoms with Crippen LogP contribution in [0.5, 0.6) is 0 Å². The van der Waals surface area contributed by atoms with Gasteiger partial charge in [-0.2, -0.15) is 10.1 Å². The Bertz CT molecular complexity index is 1310. The second kappa shape index (κ2) is 11.1. The standard InChI is InChI=1S/C30H29ClN2O4/c1-20(2)37-28(35)26(18-27(34)23-14-16-24(31)17-15-23)30(19-22-10-6-4-7-11-22)21(3)32-33(29(30)36)25-12-8-5-9-13-25/h4-17,20,26H,18-19H2,1-3H3/t26-,30+/m0/s1. The largest absolute Gasteiger partial charge is 0.463 e. The molecule has 0 aliphatic carbocycles. The Morgan fingerprint density at radius 1 is 0.946 bits per heavy atom. The Morgan fingerprint density at radius 2 is 1.54 bits per heavy atom. The first-order valence-electron chi connectivity index (χ1n) is 12.2. The Morgan fingerprint density at radius 3 is 2.14 bits per heavy atom. The number of hydrazone groups is 1. The topological polar surface area (TPSA) is 76.0 Å². The zero-order valence-electron chi connectivity index (χ0n) is 21.1. The Labute approximate surface area is 221 Å². The quantitative estimate of drug-likeness (QED) is 0.253. The molecule has 0 radical (unpaired) electrons. The molecule has 3 aromatic carbocycles. The molecule has 0 spiro atoms. The van der Waals surface area contributed by atoms with E-state index in [2.05, 4.69) is 5.10 Å². The van der Waals surface area contributed by atoms with Crippen LogP contribution in [0.15, 0.2) is 90.0 Å². The molecule has 1 aliphatic heterocycles. The molecule has 0 bridgehead atoms. The van der Waals surface area contributed by atoms with Gasteiger partial charge in [0.05, 0.1) is 23.4 Å². The average Bonchev–Trinajstić information content (AvgIpc) is 3.13. The van der Waals surface area contributed by atoms with E-state index in [1.165, 1.54) is 5.01 Å². The number of ketones is 1. The minimum absolute atomic E-state index is 0.192. The van der Waals surface area contributed by atoms with Crippen LogP contribution in [-0.4, -0.2) is 29.5 Å². The minimum Gasteiger partial charge on any atom is -0.463 e. The lowest BCUT2D eigenvalue weighted by Crippen LogP contribution is -2.51. The maximum absolute atomic E-state index is 14.3. The number of halogens is 1. The molecule has 0 aromatic heterocycles. The van der Waals surface area contributed by atoms with Crippen molar-refractivity contribution in [2.45, 2.75) is 39.7 Å². The number of esters is 1. The van der Waals surface area contributed by atoms with E-state index in [-0.39, 0.29) is 24.5 Å². The smallest absolute Gasteiger partial charge is 0.311 e. The van der Waals surface area contributed by atoms with Gasteiger partial charge in [0.25, 0.3) is 5.91 Å². The van der Waals surface area contributed by atoms with Gasteiger partial charge >= 0.3 is 5.97 Å². The summed E-state index contributed by atoms with van der Waals surface area (Å²) in [4.78, 5) is 41.4.